The molecule has 0 aliphatic rings. The highest BCUT2D eigenvalue weighted by molar-refractivity contribution is 5.87. The minimum absolute atomic E-state index is 0.260. The number of aromatic nitrogens is 3. The van der Waals surface area contributed by atoms with Crippen LogP contribution in [0.1, 0.15) is 16.8 Å². The normalized spacial score (nSPS) is 11.1. The Bertz CT molecular complexity index is 1410. The summed E-state index contributed by atoms with van der Waals surface area (Å²) >= 11 is 0. The number of methoxy groups -OCH3 is 1. The zero-order valence-corrected chi connectivity index (χ0v) is 18.2. The molecule has 0 saturated heterocycles. The lowest BCUT2D eigenvalue weighted by atomic mass is 10.1. The number of benzene rings is 3. The molecular formula is C26H23N3O3. The molecule has 0 saturated carbocycles. The first-order valence-corrected chi connectivity index (χ1v) is 10.4. The second kappa shape index (κ2) is 8.23. The highest BCUT2D eigenvalue weighted by atomic mass is 16.5. The number of nitrogens with one attached hydrogen (secondary N) is 1. The van der Waals surface area contributed by atoms with Crippen LogP contribution in [-0.2, 0) is 6.61 Å². The molecule has 1 N–H and O–H groups in total. The van der Waals surface area contributed by atoms with Crippen molar-refractivity contribution in [3.63, 3.8) is 0 Å². The van der Waals surface area contributed by atoms with Crippen molar-refractivity contribution in [3.8, 4) is 23.4 Å². The minimum atomic E-state index is 0.260. The predicted molar refractivity (Wildman–Crippen MR) is 125 cm³/mol. The second-order valence-electron chi connectivity index (χ2n) is 7.65. The quantitative estimate of drug-likeness (QED) is 0.356. The number of hydrogen-bond donors (Lipinski definition) is 1. The molecule has 2 heterocycles. The minimum Gasteiger partial charge on any atom is -0.497 e. The van der Waals surface area contributed by atoms with E-state index in [1.165, 1.54) is 5.56 Å². The van der Waals surface area contributed by atoms with Crippen molar-refractivity contribution in [2.75, 3.05) is 7.11 Å². The average Bonchev–Trinajstić information content (AvgIpc) is 3.11. The van der Waals surface area contributed by atoms with Crippen molar-refractivity contribution in [2.24, 2.45) is 0 Å². The fourth-order valence-electron chi connectivity index (χ4n) is 3.67. The standard InChI is InChI=1S/C26H23N3O3/c1-16-17(2)27-23-12-10-20(14-21(16)23)32-25-22-13-19(30-3)9-11-24(22)28-26(29-25)31-15-18-7-5-4-6-8-18/h4-14,27H,15H2,1-3H3. The summed E-state index contributed by atoms with van der Waals surface area (Å²) in [6.07, 6.45) is 0. The molecule has 5 rings (SSSR count). The molecule has 32 heavy (non-hydrogen) atoms. The van der Waals surface area contributed by atoms with E-state index in [1.807, 2.05) is 66.7 Å². The van der Waals surface area contributed by atoms with Crippen molar-refractivity contribution in [2.45, 2.75) is 20.5 Å². The van der Waals surface area contributed by atoms with E-state index in [0.717, 1.165) is 27.5 Å². The second-order valence-corrected chi connectivity index (χ2v) is 7.65. The molecule has 0 radical (unpaired) electrons. The number of hydrogen-bond acceptors (Lipinski definition) is 5. The largest absolute Gasteiger partial charge is 0.497 e. The van der Waals surface area contributed by atoms with Gasteiger partial charge in [-0.05, 0) is 61.4 Å². The lowest BCUT2D eigenvalue weighted by Crippen LogP contribution is -2.01. The van der Waals surface area contributed by atoms with Crippen LogP contribution >= 0.6 is 0 Å². The summed E-state index contributed by atoms with van der Waals surface area (Å²) < 4.78 is 17.5. The van der Waals surface area contributed by atoms with E-state index in [-0.39, 0.29) is 6.01 Å². The van der Waals surface area contributed by atoms with Gasteiger partial charge in [0, 0.05) is 16.6 Å². The Labute approximate surface area is 185 Å². The van der Waals surface area contributed by atoms with Crippen LogP contribution in [0, 0.1) is 13.8 Å². The maximum absolute atomic E-state index is 6.26. The lowest BCUT2D eigenvalue weighted by molar-refractivity contribution is 0.278. The van der Waals surface area contributed by atoms with Gasteiger partial charge in [0.05, 0.1) is 18.0 Å². The summed E-state index contributed by atoms with van der Waals surface area (Å²) in [6.45, 7) is 4.53. The number of H-pyrrole nitrogens is 1. The SMILES string of the molecule is COc1ccc2nc(OCc3ccccc3)nc(Oc3ccc4[nH]c(C)c(C)c4c3)c2c1. The van der Waals surface area contributed by atoms with Crippen LogP contribution in [0.25, 0.3) is 21.8 Å². The van der Waals surface area contributed by atoms with Crippen molar-refractivity contribution in [1.29, 1.82) is 0 Å². The van der Waals surface area contributed by atoms with Crippen LogP contribution in [0.4, 0.5) is 0 Å². The van der Waals surface area contributed by atoms with Gasteiger partial charge in [0.1, 0.15) is 18.1 Å². The summed E-state index contributed by atoms with van der Waals surface area (Å²) in [5, 5.41) is 1.87. The third-order valence-corrected chi connectivity index (χ3v) is 5.55. The molecule has 5 aromatic rings. The molecule has 0 atom stereocenters. The zero-order valence-electron chi connectivity index (χ0n) is 18.2. The Morgan fingerprint density at radius 1 is 0.844 bits per heavy atom. The Balaban J connectivity index is 1.54. The van der Waals surface area contributed by atoms with Crippen molar-refractivity contribution >= 4 is 21.8 Å². The Morgan fingerprint density at radius 3 is 2.44 bits per heavy atom. The van der Waals surface area contributed by atoms with Gasteiger partial charge in [-0.25, -0.2) is 0 Å². The molecule has 0 aliphatic heterocycles. The fraction of sp³-hybridized carbons (Fsp3) is 0.154. The zero-order chi connectivity index (χ0) is 22.1. The van der Waals surface area contributed by atoms with Crippen LogP contribution in [0.2, 0.25) is 0 Å². The van der Waals surface area contributed by atoms with E-state index in [1.54, 1.807) is 7.11 Å². The van der Waals surface area contributed by atoms with Gasteiger partial charge in [0.25, 0.3) is 0 Å². The van der Waals surface area contributed by atoms with Gasteiger partial charge in [-0.15, -0.1) is 0 Å². The van der Waals surface area contributed by atoms with Gasteiger partial charge in [-0.2, -0.15) is 9.97 Å². The highest BCUT2D eigenvalue weighted by Crippen LogP contribution is 2.34. The van der Waals surface area contributed by atoms with Gasteiger partial charge in [-0.3, -0.25) is 0 Å². The molecule has 0 amide bonds. The molecular weight excluding hydrogens is 402 g/mol. The number of aryl methyl sites for hydroxylation is 2. The number of aromatic amines is 1. The summed E-state index contributed by atoms with van der Waals surface area (Å²) in [4.78, 5) is 12.5. The molecule has 6 heteroatoms. The molecule has 6 nitrogen and oxygen atoms in total. The summed E-state index contributed by atoms with van der Waals surface area (Å²) in [5.74, 6) is 1.81. The van der Waals surface area contributed by atoms with Crippen LogP contribution in [0.5, 0.6) is 23.4 Å². The van der Waals surface area contributed by atoms with Gasteiger partial charge in [0.15, 0.2) is 0 Å². The predicted octanol–water partition coefficient (Wildman–Crippen LogP) is 6.11. The lowest BCUT2D eigenvalue weighted by Gasteiger charge is -2.12. The van der Waals surface area contributed by atoms with E-state index in [2.05, 4.69) is 28.8 Å². The first kappa shape index (κ1) is 19.9. The first-order valence-electron chi connectivity index (χ1n) is 10.4. The Kier molecular flexibility index (Phi) is 5.11. The van der Waals surface area contributed by atoms with Crippen molar-refractivity contribution in [1.82, 2.24) is 15.0 Å². The Morgan fingerprint density at radius 2 is 1.62 bits per heavy atom. The van der Waals surface area contributed by atoms with Crippen molar-refractivity contribution < 1.29 is 14.2 Å². The summed E-state index contributed by atoms with van der Waals surface area (Å²) in [7, 11) is 1.63. The smallest absolute Gasteiger partial charge is 0.320 e. The van der Waals surface area contributed by atoms with E-state index < -0.39 is 0 Å². The molecule has 160 valence electrons. The maximum Gasteiger partial charge on any atom is 0.320 e. The average molecular weight is 425 g/mol. The molecule has 0 unspecified atom stereocenters. The monoisotopic (exact) mass is 425 g/mol. The molecule has 0 aliphatic carbocycles. The molecule has 0 spiro atoms. The van der Waals surface area contributed by atoms with Crippen LogP contribution in [-0.4, -0.2) is 22.1 Å². The molecule has 3 aromatic carbocycles. The van der Waals surface area contributed by atoms with Crippen LogP contribution in [0.15, 0.2) is 66.7 Å². The first-order chi connectivity index (χ1) is 15.6. The van der Waals surface area contributed by atoms with Gasteiger partial charge in [-0.1, -0.05) is 30.3 Å². The third-order valence-electron chi connectivity index (χ3n) is 5.55. The number of nitrogens with zero attached hydrogens (tertiary/aromatic N) is 2. The number of fused-ring (bicyclic) bond motifs is 2. The van der Waals surface area contributed by atoms with E-state index in [4.69, 9.17) is 14.2 Å². The van der Waals surface area contributed by atoms with Gasteiger partial charge < -0.3 is 19.2 Å². The number of rotatable bonds is 6. The molecule has 0 bridgehead atoms. The van der Waals surface area contributed by atoms with Gasteiger partial charge >= 0.3 is 6.01 Å². The van der Waals surface area contributed by atoms with Gasteiger partial charge in [0.2, 0.25) is 5.88 Å². The maximum atomic E-state index is 6.26. The fourth-order valence-corrected chi connectivity index (χ4v) is 3.67. The van der Waals surface area contributed by atoms with Crippen LogP contribution < -0.4 is 14.2 Å². The Hall–Kier alpha value is -4.06. The van der Waals surface area contributed by atoms with Crippen LogP contribution in [0.3, 0.4) is 0 Å². The summed E-state index contributed by atoms with van der Waals surface area (Å²) in [5.41, 5.74) is 5.18. The highest BCUT2D eigenvalue weighted by Gasteiger charge is 2.14. The van der Waals surface area contributed by atoms with E-state index in [0.29, 0.717) is 29.5 Å². The number of ether oxygens (including phenoxy) is 3. The topological polar surface area (TPSA) is 69.3 Å². The van der Waals surface area contributed by atoms with Crippen molar-refractivity contribution in [3.05, 3.63) is 83.6 Å². The molecule has 0 fully saturated rings. The van der Waals surface area contributed by atoms with E-state index >= 15 is 0 Å². The summed E-state index contributed by atoms with van der Waals surface area (Å²) in [6, 6.07) is 21.7. The third kappa shape index (κ3) is 3.83. The van der Waals surface area contributed by atoms with E-state index in [9.17, 15) is 0 Å². The molecule has 2 aromatic heterocycles.